The first kappa shape index (κ1) is 18.1. The normalized spacial score (nSPS) is 12.0. The van der Waals surface area contributed by atoms with Gasteiger partial charge in [0.25, 0.3) is 5.91 Å². The van der Waals surface area contributed by atoms with Gasteiger partial charge in [0, 0.05) is 10.5 Å². The lowest BCUT2D eigenvalue weighted by Crippen LogP contribution is -2.42. The van der Waals surface area contributed by atoms with Crippen molar-refractivity contribution in [2.24, 2.45) is 0 Å². The van der Waals surface area contributed by atoms with Crippen LogP contribution < -0.4 is 0 Å². The van der Waals surface area contributed by atoms with Crippen LogP contribution in [0.1, 0.15) is 30.8 Å². The highest BCUT2D eigenvalue weighted by Crippen LogP contribution is 2.25. The second-order valence-corrected chi connectivity index (χ2v) is 6.16. The summed E-state index contributed by atoms with van der Waals surface area (Å²) in [6.45, 7) is 3.15. The Hall–Kier alpha value is -2.22. The van der Waals surface area contributed by atoms with Crippen molar-refractivity contribution < 1.29 is 23.5 Å². The molecule has 24 heavy (non-hydrogen) atoms. The predicted octanol–water partition coefficient (Wildman–Crippen LogP) is 3.57. The van der Waals surface area contributed by atoms with Crippen LogP contribution in [0.3, 0.4) is 0 Å². The first-order valence-electron chi connectivity index (χ1n) is 7.27. The number of oxazole rings is 1. The van der Waals surface area contributed by atoms with Gasteiger partial charge in [-0.1, -0.05) is 22.9 Å². The standard InChI is InChI=1S/C16H16BrFN2O4/c1-3-9(2)20(7-14(21)22)16(23)13-8-24-15(19-13)11-5-4-10(17)6-12(11)18/h4-6,8-9H,3,7H2,1-2H3,(H,21,22). The van der Waals surface area contributed by atoms with Gasteiger partial charge in [-0.3, -0.25) is 9.59 Å². The van der Waals surface area contributed by atoms with Crippen molar-refractivity contribution in [1.82, 2.24) is 9.88 Å². The molecule has 0 bridgehead atoms. The largest absolute Gasteiger partial charge is 0.480 e. The smallest absolute Gasteiger partial charge is 0.323 e. The number of nitrogens with zero attached hydrogens (tertiary/aromatic N) is 2. The van der Waals surface area contributed by atoms with E-state index in [1.54, 1.807) is 13.0 Å². The monoisotopic (exact) mass is 398 g/mol. The highest BCUT2D eigenvalue weighted by Gasteiger charge is 2.26. The van der Waals surface area contributed by atoms with Crippen molar-refractivity contribution in [2.75, 3.05) is 6.54 Å². The molecule has 0 spiro atoms. The first-order valence-corrected chi connectivity index (χ1v) is 8.06. The summed E-state index contributed by atoms with van der Waals surface area (Å²) in [5.41, 5.74) is 0.0550. The lowest BCUT2D eigenvalue weighted by atomic mass is 10.2. The molecule has 0 aliphatic carbocycles. The molecule has 0 radical (unpaired) electrons. The van der Waals surface area contributed by atoms with Gasteiger partial charge in [0.05, 0.1) is 5.56 Å². The van der Waals surface area contributed by atoms with Crippen LogP contribution in [-0.2, 0) is 4.79 Å². The summed E-state index contributed by atoms with van der Waals surface area (Å²) < 4.78 is 19.7. The minimum atomic E-state index is -1.12. The van der Waals surface area contributed by atoms with E-state index in [0.717, 1.165) is 6.26 Å². The Morgan fingerprint density at radius 1 is 1.46 bits per heavy atom. The van der Waals surface area contributed by atoms with Crippen LogP contribution in [0.5, 0.6) is 0 Å². The first-order chi connectivity index (χ1) is 11.3. The van der Waals surface area contributed by atoms with Gasteiger partial charge >= 0.3 is 5.97 Å². The summed E-state index contributed by atoms with van der Waals surface area (Å²) in [6.07, 6.45) is 1.70. The molecule has 1 unspecified atom stereocenters. The predicted molar refractivity (Wildman–Crippen MR) is 88.0 cm³/mol. The van der Waals surface area contributed by atoms with Crippen LogP contribution in [-0.4, -0.2) is 39.5 Å². The summed E-state index contributed by atoms with van der Waals surface area (Å²) in [6, 6.07) is 4.08. The Labute approximate surface area is 146 Å². The van der Waals surface area contributed by atoms with Crippen molar-refractivity contribution in [3.05, 3.63) is 40.4 Å². The number of aliphatic carboxylic acids is 1. The molecule has 1 heterocycles. The fourth-order valence-corrected chi connectivity index (χ4v) is 2.43. The quantitative estimate of drug-likeness (QED) is 0.803. The number of hydrogen-bond donors (Lipinski definition) is 1. The zero-order valence-corrected chi connectivity index (χ0v) is 14.7. The highest BCUT2D eigenvalue weighted by molar-refractivity contribution is 9.10. The molecule has 0 saturated carbocycles. The molecule has 0 aliphatic rings. The average molecular weight is 399 g/mol. The van der Waals surface area contributed by atoms with E-state index in [1.807, 2.05) is 6.92 Å². The van der Waals surface area contributed by atoms with Crippen molar-refractivity contribution >= 4 is 27.8 Å². The Morgan fingerprint density at radius 2 is 2.17 bits per heavy atom. The third kappa shape index (κ3) is 4.00. The molecular weight excluding hydrogens is 383 g/mol. The third-order valence-corrected chi connectivity index (χ3v) is 4.07. The number of halogens is 2. The summed E-state index contributed by atoms with van der Waals surface area (Å²) in [5, 5.41) is 8.98. The fourth-order valence-electron chi connectivity index (χ4n) is 2.10. The maximum atomic E-state index is 14.0. The number of carboxylic acid groups (broad SMARTS) is 1. The molecule has 6 nitrogen and oxygen atoms in total. The number of carbonyl (C=O) groups is 2. The lowest BCUT2D eigenvalue weighted by Gasteiger charge is -2.25. The molecule has 1 amide bonds. The lowest BCUT2D eigenvalue weighted by molar-refractivity contribution is -0.138. The molecule has 1 aromatic heterocycles. The molecule has 8 heteroatoms. The van der Waals surface area contributed by atoms with Crippen LogP contribution in [0, 0.1) is 5.82 Å². The maximum absolute atomic E-state index is 14.0. The molecular formula is C16H16BrFN2O4. The van der Waals surface area contributed by atoms with Gasteiger partial charge in [0.15, 0.2) is 5.69 Å². The molecule has 2 aromatic rings. The molecule has 0 aliphatic heterocycles. The van der Waals surface area contributed by atoms with Crippen LogP contribution in [0.15, 0.2) is 33.4 Å². The minimum absolute atomic E-state index is 0.0391. The molecule has 128 valence electrons. The minimum Gasteiger partial charge on any atom is -0.480 e. The van der Waals surface area contributed by atoms with Gasteiger partial charge in [-0.15, -0.1) is 0 Å². The van der Waals surface area contributed by atoms with Crippen molar-refractivity contribution in [3.63, 3.8) is 0 Å². The Balaban J connectivity index is 2.30. The summed E-state index contributed by atoms with van der Waals surface area (Å²) >= 11 is 3.16. The molecule has 1 N–H and O–H groups in total. The Morgan fingerprint density at radius 3 is 2.75 bits per heavy atom. The summed E-state index contributed by atoms with van der Waals surface area (Å²) in [7, 11) is 0. The van der Waals surface area contributed by atoms with Gasteiger partial charge in [-0.2, -0.15) is 0 Å². The van der Waals surface area contributed by atoms with E-state index >= 15 is 0 Å². The van der Waals surface area contributed by atoms with Crippen LogP contribution in [0.2, 0.25) is 0 Å². The van der Waals surface area contributed by atoms with Crippen molar-refractivity contribution in [2.45, 2.75) is 26.3 Å². The molecule has 1 aromatic carbocycles. The van der Waals surface area contributed by atoms with E-state index in [1.165, 1.54) is 17.0 Å². The number of carboxylic acids is 1. The summed E-state index contributed by atoms with van der Waals surface area (Å²) in [4.78, 5) is 28.7. The number of aromatic nitrogens is 1. The number of amides is 1. The van der Waals surface area contributed by atoms with Gasteiger partial charge in [0.1, 0.15) is 18.6 Å². The number of hydrogen-bond acceptors (Lipinski definition) is 4. The average Bonchev–Trinajstić information content (AvgIpc) is 3.00. The van der Waals surface area contributed by atoms with Crippen molar-refractivity contribution in [3.8, 4) is 11.5 Å². The Kier molecular flexibility index (Phi) is 5.71. The molecule has 0 saturated heterocycles. The van der Waals surface area contributed by atoms with E-state index in [4.69, 9.17) is 9.52 Å². The topological polar surface area (TPSA) is 83.6 Å². The van der Waals surface area contributed by atoms with Crippen LogP contribution in [0.25, 0.3) is 11.5 Å². The molecule has 2 rings (SSSR count). The highest BCUT2D eigenvalue weighted by atomic mass is 79.9. The van der Waals surface area contributed by atoms with E-state index in [2.05, 4.69) is 20.9 Å². The van der Waals surface area contributed by atoms with Gasteiger partial charge in [-0.05, 0) is 31.5 Å². The van der Waals surface area contributed by atoms with E-state index in [-0.39, 0.29) is 23.2 Å². The molecule has 0 fully saturated rings. The van der Waals surface area contributed by atoms with Crippen molar-refractivity contribution in [1.29, 1.82) is 0 Å². The molecule has 1 atom stereocenters. The van der Waals surface area contributed by atoms with Gasteiger partial charge in [0.2, 0.25) is 5.89 Å². The number of rotatable bonds is 6. The second kappa shape index (κ2) is 7.57. The van der Waals surface area contributed by atoms with Crippen LogP contribution >= 0.6 is 15.9 Å². The van der Waals surface area contributed by atoms with E-state index < -0.39 is 24.2 Å². The maximum Gasteiger partial charge on any atom is 0.323 e. The van der Waals surface area contributed by atoms with E-state index in [9.17, 15) is 14.0 Å². The van der Waals surface area contributed by atoms with Crippen LogP contribution in [0.4, 0.5) is 4.39 Å². The van der Waals surface area contributed by atoms with Gasteiger partial charge in [-0.25, -0.2) is 9.37 Å². The third-order valence-electron chi connectivity index (χ3n) is 3.57. The fraction of sp³-hybridized carbons (Fsp3) is 0.312. The summed E-state index contributed by atoms with van der Waals surface area (Å²) in [5.74, 6) is -2.28. The Bertz CT molecular complexity index is 762. The van der Waals surface area contributed by atoms with E-state index in [0.29, 0.717) is 10.9 Å². The SMILES string of the molecule is CCC(C)N(CC(=O)O)C(=O)c1coc(-c2ccc(Br)cc2F)n1. The zero-order valence-electron chi connectivity index (χ0n) is 13.1. The second-order valence-electron chi connectivity index (χ2n) is 5.25. The van der Waals surface area contributed by atoms with Gasteiger partial charge < -0.3 is 14.4 Å². The number of benzene rings is 1. The number of carbonyl (C=O) groups excluding carboxylic acids is 1. The zero-order chi connectivity index (χ0) is 17.9.